The van der Waals surface area contributed by atoms with E-state index in [1.54, 1.807) is 12.2 Å². The molecule has 0 aromatic heterocycles. The number of thiocarbonyl (C=S) groups is 1. The molecule has 0 saturated carbocycles. The molecule has 0 heterocycles. The quantitative estimate of drug-likeness (QED) is 0.353. The number of aliphatic hydroxyl groups excluding tert-OH is 1. The summed E-state index contributed by atoms with van der Waals surface area (Å²) in [7, 11) is 0. The lowest BCUT2D eigenvalue weighted by Crippen LogP contribution is -1.78. The summed E-state index contributed by atoms with van der Waals surface area (Å²) >= 11 is 4.30. The molecule has 0 amide bonds. The van der Waals surface area contributed by atoms with Crippen molar-refractivity contribution in [2.45, 2.75) is 0 Å². The van der Waals surface area contributed by atoms with E-state index in [1.165, 1.54) is 0 Å². The normalized spacial score (nSPS) is 13.4. The zero-order chi connectivity index (χ0) is 7.40. The lowest BCUT2D eigenvalue weighted by Gasteiger charge is -1.88. The minimum absolute atomic E-state index is 0.0833. The van der Waals surface area contributed by atoms with Crippen LogP contribution in [0.3, 0.4) is 0 Å². The Labute approximate surface area is 63.9 Å². The van der Waals surface area contributed by atoms with E-state index in [0.717, 1.165) is 0 Å². The maximum absolute atomic E-state index is 9.03. The standard InChI is InChI=1S/C7H5NOS/c9-7(8-5-10)6-3-1-2-4-6/h1-4,9H. The van der Waals surface area contributed by atoms with Crippen LogP contribution >= 0.6 is 12.2 Å². The molecule has 0 fully saturated rings. The van der Waals surface area contributed by atoms with Crippen molar-refractivity contribution < 1.29 is 5.11 Å². The number of aliphatic imine (C=N–C) groups is 1. The number of nitrogens with zero attached hydrogens (tertiary/aromatic N) is 1. The molecule has 10 heavy (non-hydrogen) atoms. The van der Waals surface area contributed by atoms with E-state index in [9.17, 15) is 0 Å². The molecular weight excluding hydrogens is 146 g/mol. The maximum atomic E-state index is 9.03. The minimum Gasteiger partial charge on any atom is -0.492 e. The first kappa shape index (κ1) is 6.93. The third-order valence-electron chi connectivity index (χ3n) is 1.07. The van der Waals surface area contributed by atoms with Gasteiger partial charge in [-0.1, -0.05) is 12.2 Å². The molecule has 0 saturated heterocycles. The van der Waals surface area contributed by atoms with Gasteiger partial charge in [0, 0.05) is 5.57 Å². The molecule has 0 radical (unpaired) electrons. The zero-order valence-electron chi connectivity index (χ0n) is 5.11. The Morgan fingerprint density at radius 1 is 1.50 bits per heavy atom. The van der Waals surface area contributed by atoms with Gasteiger partial charge in [0.2, 0.25) is 5.88 Å². The van der Waals surface area contributed by atoms with Gasteiger partial charge in [-0.25, -0.2) is 0 Å². The van der Waals surface area contributed by atoms with Crippen molar-refractivity contribution in [3.8, 4) is 0 Å². The Balaban J connectivity index is 2.95. The van der Waals surface area contributed by atoms with Crippen molar-refractivity contribution in [3.05, 3.63) is 35.8 Å². The second-order valence-electron chi connectivity index (χ2n) is 1.70. The average molecular weight is 151 g/mol. The molecule has 0 aromatic rings. The number of hydrogen-bond acceptors (Lipinski definition) is 3. The van der Waals surface area contributed by atoms with Gasteiger partial charge in [0.15, 0.2) is 0 Å². The highest BCUT2D eigenvalue weighted by Gasteiger charge is 1.98. The van der Waals surface area contributed by atoms with Gasteiger partial charge in [-0.15, -0.1) is 0 Å². The van der Waals surface area contributed by atoms with Crippen molar-refractivity contribution in [1.82, 2.24) is 0 Å². The van der Waals surface area contributed by atoms with Crippen LogP contribution in [0.1, 0.15) is 0 Å². The Morgan fingerprint density at radius 3 is 2.60 bits per heavy atom. The van der Waals surface area contributed by atoms with Crippen LogP contribution in [0.4, 0.5) is 0 Å². The first-order chi connectivity index (χ1) is 4.84. The Hall–Kier alpha value is -1.18. The molecule has 0 aromatic carbocycles. The maximum Gasteiger partial charge on any atom is 0.227 e. The third-order valence-corrected chi connectivity index (χ3v) is 1.16. The molecule has 1 rings (SSSR count). The topological polar surface area (TPSA) is 32.6 Å². The van der Waals surface area contributed by atoms with Gasteiger partial charge in [0.05, 0.1) is 5.16 Å². The molecule has 0 bridgehead atoms. The summed E-state index contributed by atoms with van der Waals surface area (Å²) in [6.45, 7) is 0. The predicted octanol–water partition coefficient (Wildman–Crippen LogP) is 1.98. The monoisotopic (exact) mass is 151 g/mol. The minimum atomic E-state index is -0.0833. The van der Waals surface area contributed by atoms with E-state index in [1.807, 2.05) is 12.2 Å². The van der Waals surface area contributed by atoms with E-state index in [-0.39, 0.29) is 5.88 Å². The molecule has 3 heteroatoms. The van der Waals surface area contributed by atoms with Crippen molar-refractivity contribution >= 4 is 17.4 Å². The molecule has 1 aliphatic carbocycles. The first-order valence-corrected chi connectivity index (χ1v) is 3.11. The smallest absolute Gasteiger partial charge is 0.227 e. The average Bonchev–Trinajstić information content (AvgIpc) is 2.38. The van der Waals surface area contributed by atoms with Gasteiger partial charge in [0.1, 0.15) is 0 Å². The summed E-state index contributed by atoms with van der Waals surface area (Å²) < 4.78 is 0. The molecule has 2 nitrogen and oxygen atoms in total. The summed E-state index contributed by atoms with van der Waals surface area (Å²) in [5, 5.41) is 11.1. The Morgan fingerprint density at radius 2 is 2.10 bits per heavy atom. The van der Waals surface area contributed by atoms with Gasteiger partial charge in [-0.3, -0.25) is 0 Å². The van der Waals surface area contributed by atoms with Crippen molar-refractivity contribution in [2.24, 2.45) is 4.99 Å². The molecule has 0 aliphatic heterocycles. The first-order valence-electron chi connectivity index (χ1n) is 2.70. The number of isothiocyanates is 1. The van der Waals surface area contributed by atoms with Crippen LogP contribution in [-0.4, -0.2) is 10.3 Å². The fraction of sp³-hybridized carbons (Fsp3) is 0. The van der Waals surface area contributed by atoms with Crippen LogP contribution in [0.2, 0.25) is 0 Å². The van der Waals surface area contributed by atoms with Crippen LogP contribution in [-0.2, 0) is 0 Å². The van der Waals surface area contributed by atoms with E-state index in [2.05, 4.69) is 22.4 Å². The highest BCUT2D eigenvalue weighted by atomic mass is 32.1. The van der Waals surface area contributed by atoms with Gasteiger partial charge in [-0.2, -0.15) is 4.99 Å². The van der Waals surface area contributed by atoms with E-state index in [4.69, 9.17) is 5.11 Å². The Bertz CT molecular complexity index is 255. The van der Waals surface area contributed by atoms with Crippen LogP contribution in [0.15, 0.2) is 40.8 Å². The van der Waals surface area contributed by atoms with Crippen LogP contribution in [0, 0.1) is 0 Å². The molecule has 0 spiro atoms. The molecule has 1 aliphatic rings. The van der Waals surface area contributed by atoms with Crippen LogP contribution in [0.5, 0.6) is 0 Å². The van der Waals surface area contributed by atoms with Crippen molar-refractivity contribution in [1.29, 1.82) is 0 Å². The molecule has 50 valence electrons. The van der Waals surface area contributed by atoms with E-state index >= 15 is 0 Å². The number of aliphatic hydroxyl groups is 1. The lowest BCUT2D eigenvalue weighted by molar-refractivity contribution is 0.404. The van der Waals surface area contributed by atoms with Crippen molar-refractivity contribution in [3.63, 3.8) is 0 Å². The largest absolute Gasteiger partial charge is 0.492 e. The summed E-state index contributed by atoms with van der Waals surface area (Å²) in [4.78, 5) is 3.40. The van der Waals surface area contributed by atoms with E-state index in [0.29, 0.717) is 5.57 Å². The van der Waals surface area contributed by atoms with Crippen LogP contribution < -0.4 is 0 Å². The predicted molar refractivity (Wildman–Crippen MR) is 43.0 cm³/mol. The second kappa shape index (κ2) is 3.11. The van der Waals surface area contributed by atoms with Gasteiger partial charge in [-0.05, 0) is 24.4 Å². The SMILES string of the molecule is OC(N=C=S)=C1C=CC=C1. The Kier molecular flexibility index (Phi) is 2.15. The lowest BCUT2D eigenvalue weighted by atomic mass is 10.3. The van der Waals surface area contributed by atoms with Gasteiger partial charge in [0.25, 0.3) is 0 Å². The molecule has 1 N–H and O–H groups in total. The summed E-state index contributed by atoms with van der Waals surface area (Å²) in [6.07, 6.45) is 7.10. The molecule has 0 atom stereocenters. The van der Waals surface area contributed by atoms with Gasteiger partial charge < -0.3 is 5.11 Å². The van der Waals surface area contributed by atoms with Gasteiger partial charge >= 0.3 is 0 Å². The zero-order valence-corrected chi connectivity index (χ0v) is 5.93. The number of hydrogen-bond donors (Lipinski definition) is 1. The highest BCUT2D eigenvalue weighted by Crippen LogP contribution is 2.11. The number of allylic oxidation sites excluding steroid dienone is 5. The highest BCUT2D eigenvalue weighted by molar-refractivity contribution is 7.78. The molecule has 0 unspecified atom stereocenters. The third kappa shape index (κ3) is 1.41. The second-order valence-corrected chi connectivity index (χ2v) is 1.88. The fourth-order valence-electron chi connectivity index (χ4n) is 0.631. The van der Waals surface area contributed by atoms with Crippen LogP contribution in [0.25, 0.3) is 0 Å². The summed E-state index contributed by atoms with van der Waals surface area (Å²) in [6, 6.07) is 0. The van der Waals surface area contributed by atoms with Crippen molar-refractivity contribution in [2.75, 3.05) is 0 Å². The number of rotatable bonds is 1. The summed E-state index contributed by atoms with van der Waals surface area (Å²) in [5.41, 5.74) is 0.664. The molecular formula is C7H5NOS. The summed E-state index contributed by atoms with van der Waals surface area (Å²) in [5.74, 6) is -0.0833. The van der Waals surface area contributed by atoms with E-state index < -0.39 is 0 Å². The fourth-order valence-corrected chi connectivity index (χ4v) is 0.717.